The quantitative estimate of drug-likeness (QED) is 0.846. The van der Waals surface area contributed by atoms with E-state index < -0.39 is 6.10 Å². The topological polar surface area (TPSA) is 67.5 Å². The molecule has 2 N–H and O–H groups in total. The first-order chi connectivity index (χ1) is 11.1. The van der Waals surface area contributed by atoms with E-state index in [1.54, 1.807) is 13.8 Å². The van der Waals surface area contributed by atoms with E-state index in [1.807, 2.05) is 23.9 Å². The zero-order valence-corrected chi connectivity index (χ0v) is 14.2. The number of thioether (sulfide) groups is 1. The van der Waals surface area contributed by atoms with Gasteiger partial charge in [-0.1, -0.05) is 12.1 Å². The summed E-state index contributed by atoms with van der Waals surface area (Å²) in [5.41, 5.74) is 1.84. The molecule has 5 nitrogen and oxygen atoms in total. The van der Waals surface area contributed by atoms with Crippen LogP contribution in [0, 0.1) is 13.8 Å². The van der Waals surface area contributed by atoms with Gasteiger partial charge in [0.2, 0.25) is 0 Å². The van der Waals surface area contributed by atoms with Gasteiger partial charge in [0, 0.05) is 24.6 Å². The van der Waals surface area contributed by atoms with Crippen molar-refractivity contribution in [2.45, 2.75) is 32.4 Å². The van der Waals surface area contributed by atoms with Crippen molar-refractivity contribution in [1.82, 2.24) is 10.3 Å². The average molecular weight is 334 g/mol. The van der Waals surface area contributed by atoms with Crippen LogP contribution in [0.1, 0.15) is 29.0 Å². The molecule has 2 unspecified atom stereocenters. The lowest BCUT2D eigenvalue weighted by Gasteiger charge is -2.12. The van der Waals surface area contributed by atoms with E-state index in [1.165, 1.54) is 11.3 Å². The van der Waals surface area contributed by atoms with Gasteiger partial charge in [0.15, 0.2) is 5.89 Å². The van der Waals surface area contributed by atoms with Crippen molar-refractivity contribution >= 4 is 11.8 Å². The summed E-state index contributed by atoms with van der Waals surface area (Å²) in [6.07, 6.45) is 0.250. The Morgan fingerprint density at radius 2 is 2.17 bits per heavy atom. The summed E-state index contributed by atoms with van der Waals surface area (Å²) in [4.78, 5) is 4.19. The lowest BCUT2D eigenvalue weighted by Crippen LogP contribution is -2.25. The van der Waals surface area contributed by atoms with Crippen molar-refractivity contribution < 1.29 is 14.3 Å². The second kappa shape index (κ2) is 7.38. The monoisotopic (exact) mass is 334 g/mol. The molecule has 0 spiro atoms. The molecule has 1 aliphatic heterocycles. The molecule has 0 aliphatic carbocycles. The van der Waals surface area contributed by atoms with E-state index in [-0.39, 0.29) is 6.61 Å². The van der Waals surface area contributed by atoms with Crippen LogP contribution in [0.5, 0.6) is 5.75 Å². The van der Waals surface area contributed by atoms with Crippen LogP contribution in [0.4, 0.5) is 0 Å². The summed E-state index contributed by atoms with van der Waals surface area (Å²) in [6.45, 7) is 3.72. The van der Waals surface area contributed by atoms with Gasteiger partial charge in [-0.2, -0.15) is 0 Å². The highest BCUT2D eigenvalue weighted by Crippen LogP contribution is 2.21. The highest BCUT2D eigenvalue weighted by Gasteiger charge is 2.17. The minimum absolute atomic E-state index is 0.160. The first-order valence-electron chi connectivity index (χ1n) is 7.76. The van der Waals surface area contributed by atoms with Gasteiger partial charge in [-0.05, 0) is 31.0 Å². The number of aromatic nitrogens is 1. The van der Waals surface area contributed by atoms with Crippen LogP contribution < -0.4 is 10.1 Å². The maximum absolute atomic E-state index is 10.2. The highest BCUT2D eigenvalue weighted by atomic mass is 32.2. The Bertz CT molecular complexity index is 636. The Morgan fingerprint density at radius 1 is 1.39 bits per heavy atom. The predicted octanol–water partition coefficient (Wildman–Crippen LogP) is 2.61. The summed E-state index contributed by atoms with van der Waals surface area (Å²) < 4.78 is 11.0. The van der Waals surface area contributed by atoms with Gasteiger partial charge >= 0.3 is 0 Å². The molecule has 1 aromatic heterocycles. The molecule has 1 fully saturated rings. The Morgan fingerprint density at radius 3 is 2.78 bits per heavy atom. The van der Waals surface area contributed by atoms with Gasteiger partial charge in [0.05, 0.1) is 0 Å². The van der Waals surface area contributed by atoms with Crippen molar-refractivity contribution in [3.8, 4) is 5.75 Å². The molecular weight excluding hydrogens is 312 g/mol. The second-order valence-corrected chi connectivity index (χ2v) is 6.80. The Labute approximate surface area is 140 Å². The van der Waals surface area contributed by atoms with E-state index in [0.717, 1.165) is 18.0 Å². The number of aryl methyl sites for hydroxylation is 2. The van der Waals surface area contributed by atoms with Crippen molar-refractivity contribution in [2.75, 3.05) is 18.2 Å². The molecule has 1 aliphatic rings. The highest BCUT2D eigenvalue weighted by molar-refractivity contribution is 7.99. The SMILES string of the molecule is Cc1nc(C(O)COc2ccc(CC3CSCN3)cc2)c(C)o1. The van der Waals surface area contributed by atoms with Crippen LogP contribution in [-0.4, -0.2) is 34.4 Å². The summed E-state index contributed by atoms with van der Waals surface area (Å²) in [5.74, 6) is 4.15. The Balaban J connectivity index is 1.52. The third-order valence-electron chi connectivity index (χ3n) is 3.86. The van der Waals surface area contributed by atoms with Gasteiger partial charge in [0.25, 0.3) is 0 Å². The minimum Gasteiger partial charge on any atom is -0.490 e. The van der Waals surface area contributed by atoms with E-state index in [0.29, 0.717) is 23.4 Å². The fourth-order valence-corrected chi connectivity index (χ4v) is 3.67. The van der Waals surface area contributed by atoms with E-state index >= 15 is 0 Å². The Kier molecular flexibility index (Phi) is 5.25. The van der Waals surface area contributed by atoms with Gasteiger partial charge in [-0.25, -0.2) is 4.98 Å². The number of benzene rings is 1. The van der Waals surface area contributed by atoms with Gasteiger partial charge < -0.3 is 19.6 Å². The van der Waals surface area contributed by atoms with Crippen LogP contribution in [0.3, 0.4) is 0 Å². The van der Waals surface area contributed by atoms with E-state index in [2.05, 4.69) is 22.4 Å². The first kappa shape index (κ1) is 16.4. The van der Waals surface area contributed by atoms with Crippen LogP contribution in [0.25, 0.3) is 0 Å². The first-order valence-corrected chi connectivity index (χ1v) is 8.92. The fourth-order valence-electron chi connectivity index (χ4n) is 2.68. The van der Waals surface area contributed by atoms with Gasteiger partial charge in [0.1, 0.15) is 29.9 Å². The maximum Gasteiger partial charge on any atom is 0.191 e. The molecule has 1 saturated heterocycles. The maximum atomic E-state index is 10.2. The molecule has 2 heterocycles. The van der Waals surface area contributed by atoms with Crippen LogP contribution >= 0.6 is 11.8 Å². The lowest BCUT2D eigenvalue weighted by molar-refractivity contribution is 0.104. The van der Waals surface area contributed by atoms with Crippen LogP contribution in [0.15, 0.2) is 28.7 Å². The second-order valence-electron chi connectivity index (χ2n) is 5.77. The molecule has 6 heteroatoms. The normalized spacial score (nSPS) is 19.0. The number of hydrogen-bond donors (Lipinski definition) is 2. The van der Waals surface area contributed by atoms with Crippen molar-refractivity contribution in [3.63, 3.8) is 0 Å². The molecule has 23 heavy (non-hydrogen) atoms. The van der Waals surface area contributed by atoms with Crippen molar-refractivity contribution in [2.24, 2.45) is 0 Å². The molecule has 2 aromatic rings. The molecule has 3 rings (SSSR count). The van der Waals surface area contributed by atoms with Gasteiger partial charge in [-0.3, -0.25) is 0 Å². The third kappa shape index (κ3) is 4.28. The van der Waals surface area contributed by atoms with Crippen LogP contribution in [0.2, 0.25) is 0 Å². The zero-order valence-electron chi connectivity index (χ0n) is 13.4. The minimum atomic E-state index is -0.785. The number of ether oxygens (including phenoxy) is 1. The smallest absolute Gasteiger partial charge is 0.191 e. The number of nitrogens with zero attached hydrogens (tertiary/aromatic N) is 1. The Hall–Kier alpha value is -1.50. The van der Waals surface area contributed by atoms with Gasteiger partial charge in [-0.15, -0.1) is 11.8 Å². The molecule has 1 aromatic carbocycles. The number of hydrogen-bond acceptors (Lipinski definition) is 6. The predicted molar refractivity (Wildman–Crippen MR) is 90.8 cm³/mol. The molecular formula is C17H22N2O3S. The largest absolute Gasteiger partial charge is 0.490 e. The number of aliphatic hydroxyl groups excluding tert-OH is 1. The summed E-state index contributed by atoms with van der Waals surface area (Å²) in [7, 11) is 0. The molecule has 0 saturated carbocycles. The number of nitrogens with one attached hydrogen (secondary N) is 1. The van der Waals surface area contributed by atoms with Crippen molar-refractivity contribution in [1.29, 1.82) is 0 Å². The average Bonchev–Trinajstić information content (AvgIpc) is 3.15. The standard InChI is InChI=1S/C17H22N2O3S/c1-11-17(19-12(2)22-11)16(20)8-21-15-5-3-13(4-6-15)7-14-9-23-10-18-14/h3-6,14,16,18,20H,7-10H2,1-2H3. The molecule has 0 amide bonds. The zero-order chi connectivity index (χ0) is 16.2. The molecule has 2 atom stereocenters. The molecule has 0 bridgehead atoms. The summed E-state index contributed by atoms with van der Waals surface area (Å²) in [6, 6.07) is 8.62. The van der Waals surface area contributed by atoms with Crippen molar-refractivity contribution in [3.05, 3.63) is 47.2 Å². The molecule has 124 valence electrons. The number of rotatable bonds is 6. The van der Waals surface area contributed by atoms with Crippen LogP contribution in [-0.2, 0) is 6.42 Å². The third-order valence-corrected chi connectivity index (χ3v) is 4.87. The molecule has 0 radical (unpaired) electrons. The summed E-state index contributed by atoms with van der Waals surface area (Å²) in [5, 5.41) is 13.6. The fraction of sp³-hybridized carbons (Fsp3) is 0.471. The van der Waals surface area contributed by atoms with E-state index in [9.17, 15) is 5.11 Å². The number of oxazole rings is 1. The number of aliphatic hydroxyl groups is 1. The van der Waals surface area contributed by atoms with E-state index in [4.69, 9.17) is 9.15 Å². The lowest BCUT2D eigenvalue weighted by atomic mass is 10.1. The summed E-state index contributed by atoms with van der Waals surface area (Å²) >= 11 is 1.94.